The van der Waals surface area contributed by atoms with Crippen LogP contribution in [0.5, 0.6) is 0 Å². The Bertz CT molecular complexity index is 486. The number of non-ortho nitro benzene ring substituents is 1. The van der Waals surface area contributed by atoms with Gasteiger partial charge in [-0.15, -0.1) is 0 Å². The fraction of sp³-hybridized carbons (Fsp3) is 0.273. The monoisotopic (exact) mass is 268 g/mol. The first-order valence-corrected chi connectivity index (χ1v) is 5.27. The first-order valence-electron chi connectivity index (χ1n) is 5.27. The van der Waals surface area contributed by atoms with Gasteiger partial charge < -0.3 is 10.2 Å². The minimum Gasteiger partial charge on any atom is -0.480 e. The Balaban J connectivity index is 2.82. The van der Waals surface area contributed by atoms with Gasteiger partial charge in [0.2, 0.25) is 0 Å². The summed E-state index contributed by atoms with van der Waals surface area (Å²) in [7, 11) is 0. The average molecular weight is 268 g/mol. The lowest BCUT2D eigenvalue weighted by Crippen LogP contribution is -2.33. The van der Waals surface area contributed by atoms with Gasteiger partial charge in [-0.1, -0.05) is 12.1 Å². The molecule has 0 aliphatic heterocycles. The Labute approximate surface area is 108 Å². The van der Waals surface area contributed by atoms with Crippen LogP contribution in [0.3, 0.4) is 0 Å². The Morgan fingerprint density at radius 3 is 2.26 bits per heavy atom. The normalized spacial score (nSPS) is 10.4. The second-order valence-corrected chi connectivity index (χ2v) is 3.86. The highest BCUT2D eigenvalue weighted by molar-refractivity contribution is 5.72. The van der Waals surface area contributed by atoms with E-state index in [1.54, 1.807) is 6.07 Å². The first-order chi connectivity index (χ1) is 8.88. The Morgan fingerprint density at radius 2 is 1.79 bits per heavy atom. The number of carboxylic acids is 2. The van der Waals surface area contributed by atoms with Crippen molar-refractivity contribution >= 4 is 17.6 Å². The Morgan fingerprint density at radius 1 is 1.21 bits per heavy atom. The van der Waals surface area contributed by atoms with Crippen molar-refractivity contribution in [3.05, 3.63) is 39.9 Å². The molecule has 8 heteroatoms. The summed E-state index contributed by atoms with van der Waals surface area (Å²) < 4.78 is 0. The zero-order valence-electron chi connectivity index (χ0n) is 9.85. The summed E-state index contributed by atoms with van der Waals surface area (Å²) in [6.45, 7) is -0.885. The van der Waals surface area contributed by atoms with Crippen LogP contribution in [0, 0.1) is 10.1 Å². The third-order valence-corrected chi connectivity index (χ3v) is 2.25. The second kappa shape index (κ2) is 6.45. The van der Waals surface area contributed by atoms with Crippen LogP contribution in [0.25, 0.3) is 0 Å². The van der Waals surface area contributed by atoms with E-state index < -0.39 is 30.0 Å². The largest absolute Gasteiger partial charge is 0.480 e. The fourth-order valence-electron chi connectivity index (χ4n) is 1.58. The highest BCUT2D eigenvalue weighted by Gasteiger charge is 2.15. The molecule has 0 fully saturated rings. The van der Waals surface area contributed by atoms with Crippen molar-refractivity contribution in [1.82, 2.24) is 4.90 Å². The van der Waals surface area contributed by atoms with Crippen LogP contribution < -0.4 is 0 Å². The van der Waals surface area contributed by atoms with Gasteiger partial charge >= 0.3 is 11.9 Å². The summed E-state index contributed by atoms with van der Waals surface area (Å²) in [6, 6.07) is 5.63. The number of benzene rings is 1. The topological polar surface area (TPSA) is 121 Å². The molecule has 8 nitrogen and oxygen atoms in total. The molecule has 2 N–H and O–H groups in total. The number of carboxylic acid groups (broad SMARTS) is 2. The van der Waals surface area contributed by atoms with Gasteiger partial charge in [0.25, 0.3) is 5.69 Å². The van der Waals surface area contributed by atoms with Crippen LogP contribution in [0.1, 0.15) is 5.56 Å². The summed E-state index contributed by atoms with van der Waals surface area (Å²) in [6.07, 6.45) is 0. The second-order valence-electron chi connectivity index (χ2n) is 3.86. The highest BCUT2D eigenvalue weighted by Crippen LogP contribution is 2.14. The van der Waals surface area contributed by atoms with Crippen LogP contribution >= 0.6 is 0 Å². The molecule has 0 aromatic heterocycles. The van der Waals surface area contributed by atoms with E-state index >= 15 is 0 Å². The van der Waals surface area contributed by atoms with Crippen molar-refractivity contribution in [2.24, 2.45) is 0 Å². The van der Waals surface area contributed by atoms with E-state index in [-0.39, 0.29) is 12.2 Å². The van der Waals surface area contributed by atoms with E-state index in [1.165, 1.54) is 23.1 Å². The van der Waals surface area contributed by atoms with Gasteiger partial charge in [0.1, 0.15) is 0 Å². The Kier molecular flexibility index (Phi) is 4.95. The van der Waals surface area contributed by atoms with Crippen LogP contribution in [0.2, 0.25) is 0 Å². The average Bonchev–Trinajstić information content (AvgIpc) is 2.27. The molecule has 0 bridgehead atoms. The van der Waals surface area contributed by atoms with Gasteiger partial charge in [0.15, 0.2) is 0 Å². The van der Waals surface area contributed by atoms with Gasteiger partial charge in [-0.25, -0.2) is 0 Å². The zero-order valence-corrected chi connectivity index (χ0v) is 9.85. The molecule has 0 aliphatic carbocycles. The van der Waals surface area contributed by atoms with Gasteiger partial charge in [0.05, 0.1) is 18.0 Å². The summed E-state index contributed by atoms with van der Waals surface area (Å²) in [5, 5.41) is 27.9. The number of nitro benzene ring substituents is 1. The summed E-state index contributed by atoms with van der Waals surface area (Å²) in [5.74, 6) is -2.32. The van der Waals surface area contributed by atoms with Crippen molar-refractivity contribution in [3.63, 3.8) is 0 Å². The lowest BCUT2D eigenvalue weighted by Gasteiger charge is -2.17. The van der Waals surface area contributed by atoms with Gasteiger partial charge in [-0.05, 0) is 5.56 Å². The van der Waals surface area contributed by atoms with E-state index in [0.717, 1.165) is 0 Å². The van der Waals surface area contributed by atoms with Crippen LogP contribution in [-0.2, 0) is 16.1 Å². The Hall–Kier alpha value is -2.48. The smallest absolute Gasteiger partial charge is 0.317 e. The standard InChI is InChI=1S/C11H12N2O6/c14-10(15)6-12(7-11(16)17)5-8-2-1-3-9(4-8)13(18)19/h1-4H,5-7H2,(H,14,15)(H,16,17). The third kappa shape index (κ3) is 5.13. The molecule has 0 saturated heterocycles. The van der Waals surface area contributed by atoms with E-state index in [0.29, 0.717) is 5.56 Å². The maximum atomic E-state index is 10.6. The number of hydrogen-bond donors (Lipinski definition) is 2. The number of hydrogen-bond acceptors (Lipinski definition) is 5. The summed E-state index contributed by atoms with van der Waals surface area (Å²) in [4.78, 5) is 32.4. The SMILES string of the molecule is O=C(O)CN(CC(=O)O)Cc1cccc([N+](=O)[O-])c1. The van der Waals surface area contributed by atoms with E-state index in [4.69, 9.17) is 10.2 Å². The van der Waals surface area contributed by atoms with Crippen molar-refractivity contribution in [3.8, 4) is 0 Å². The molecule has 1 rings (SSSR count). The van der Waals surface area contributed by atoms with Crippen molar-refractivity contribution < 1.29 is 24.7 Å². The molecule has 0 aliphatic rings. The highest BCUT2D eigenvalue weighted by atomic mass is 16.6. The molecule has 0 unspecified atom stereocenters. The van der Waals surface area contributed by atoms with E-state index in [2.05, 4.69) is 0 Å². The van der Waals surface area contributed by atoms with Gasteiger partial charge in [0, 0.05) is 18.7 Å². The third-order valence-electron chi connectivity index (χ3n) is 2.25. The molecule has 102 valence electrons. The number of aliphatic carboxylic acids is 2. The van der Waals surface area contributed by atoms with E-state index in [1.807, 2.05) is 0 Å². The molecule has 1 aromatic carbocycles. The lowest BCUT2D eigenvalue weighted by molar-refractivity contribution is -0.384. The number of nitro groups is 1. The first kappa shape index (κ1) is 14.6. The van der Waals surface area contributed by atoms with Crippen LogP contribution in [-0.4, -0.2) is 45.1 Å². The van der Waals surface area contributed by atoms with E-state index in [9.17, 15) is 19.7 Å². The van der Waals surface area contributed by atoms with Crippen LogP contribution in [0.4, 0.5) is 5.69 Å². The molecule has 0 radical (unpaired) electrons. The van der Waals surface area contributed by atoms with Crippen LogP contribution in [0.15, 0.2) is 24.3 Å². The number of carbonyl (C=O) groups is 2. The van der Waals surface area contributed by atoms with Gasteiger partial charge in [-0.3, -0.25) is 24.6 Å². The lowest BCUT2D eigenvalue weighted by atomic mass is 10.2. The predicted octanol–water partition coefficient (Wildman–Crippen LogP) is 0.566. The zero-order chi connectivity index (χ0) is 14.4. The quantitative estimate of drug-likeness (QED) is 0.547. The molecule has 0 amide bonds. The number of rotatable bonds is 7. The molecule has 0 saturated carbocycles. The van der Waals surface area contributed by atoms with Crippen molar-refractivity contribution in [1.29, 1.82) is 0 Å². The maximum absolute atomic E-state index is 10.6. The molecule has 0 atom stereocenters. The fourth-order valence-corrected chi connectivity index (χ4v) is 1.58. The minimum absolute atomic E-state index is 0.0142. The molecular weight excluding hydrogens is 256 g/mol. The number of nitrogens with zero attached hydrogens (tertiary/aromatic N) is 2. The molecule has 19 heavy (non-hydrogen) atoms. The van der Waals surface area contributed by atoms with Gasteiger partial charge in [-0.2, -0.15) is 0 Å². The summed E-state index contributed by atoms with van der Waals surface area (Å²) in [5.41, 5.74) is 0.361. The molecule has 0 spiro atoms. The maximum Gasteiger partial charge on any atom is 0.317 e. The molecular formula is C11H12N2O6. The molecule has 0 heterocycles. The van der Waals surface area contributed by atoms with Crippen molar-refractivity contribution in [2.75, 3.05) is 13.1 Å². The van der Waals surface area contributed by atoms with Crippen molar-refractivity contribution in [2.45, 2.75) is 6.54 Å². The summed E-state index contributed by atoms with van der Waals surface area (Å²) >= 11 is 0. The predicted molar refractivity (Wildman–Crippen MR) is 63.6 cm³/mol. The molecule has 1 aromatic rings. The minimum atomic E-state index is -1.16.